The number of allylic oxidation sites excluding steroid dienone is 5. The molecule has 1 heterocycles. The first-order chi connectivity index (χ1) is 21.0. The summed E-state index contributed by atoms with van der Waals surface area (Å²) in [6, 6.07) is 14.5. The van der Waals surface area contributed by atoms with E-state index in [-0.39, 0.29) is 29.0 Å². The number of ether oxygens (including phenoxy) is 2. The van der Waals surface area contributed by atoms with Gasteiger partial charge < -0.3 is 14.4 Å². The smallest absolute Gasteiger partial charge is 0.166 e. The van der Waals surface area contributed by atoms with Gasteiger partial charge in [-0.2, -0.15) is 0 Å². The summed E-state index contributed by atoms with van der Waals surface area (Å²) in [6.45, 7) is 15.8. The van der Waals surface area contributed by atoms with Gasteiger partial charge in [-0.1, -0.05) is 76.1 Å². The largest absolute Gasteiger partial charge is 0.490 e. The van der Waals surface area contributed by atoms with E-state index < -0.39 is 5.92 Å². The maximum absolute atomic E-state index is 14.3. The van der Waals surface area contributed by atoms with Gasteiger partial charge in [0.15, 0.2) is 23.1 Å². The third kappa shape index (κ3) is 6.27. The molecule has 0 N–H and O–H groups in total. The van der Waals surface area contributed by atoms with E-state index in [0.29, 0.717) is 43.9 Å². The Kier molecular flexibility index (Phi) is 8.93. The summed E-state index contributed by atoms with van der Waals surface area (Å²) >= 11 is 0. The van der Waals surface area contributed by atoms with Crippen LogP contribution in [0.5, 0.6) is 11.5 Å². The van der Waals surface area contributed by atoms with Crippen LogP contribution in [0.15, 0.2) is 77.7 Å². The third-order valence-electron chi connectivity index (χ3n) is 8.94. The van der Waals surface area contributed by atoms with Crippen LogP contribution in [-0.4, -0.2) is 36.2 Å². The van der Waals surface area contributed by atoms with E-state index in [4.69, 9.17) is 15.9 Å². The van der Waals surface area contributed by atoms with Crippen LogP contribution in [0.4, 0.5) is 0 Å². The zero-order valence-corrected chi connectivity index (χ0v) is 26.9. The fourth-order valence-electron chi connectivity index (χ4n) is 7.23. The Morgan fingerprint density at radius 1 is 0.955 bits per heavy atom. The van der Waals surface area contributed by atoms with Crippen LogP contribution in [0.2, 0.25) is 0 Å². The Morgan fingerprint density at radius 2 is 1.57 bits per heavy atom. The molecule has 0 atom stereocenters. The average Bonchev–Trinajstić information content (AvgIpc) is 2.95. The maximum Gasteiger partial charge on any atom is 0.166 e. The molecule has 0 fully saturated rings. The van der Waals surface area contributed by atoms with Crippen LogP contribution in [0.1, 0.15) is 82.9 Å². The molecule has 3 aliphatic rings. The summed E-state index contributed by atoms with van der Waals surface area (Å²) < 4.78 is 12.1. The first-order valence-electron chi connectivity index (χ1n) is 15.8. The Hall–Kier alpha value is -4.04. The summed E-state index contributed by atoms with van der Waals surface area (Å²) in [5.74, 6) is 3.47. The molecule has 2 aliphatic carbocycles. The second kappa shape index (κ2) is 12.5. The van der Waals surface area contributed by atoms with Crippen LogP contribution in [-0.2, 0) is 22.4 Å². The van der Waals surface area contributed by atoms with Crippen molar-refractivity contribution in [3.8, 4) is 23.8 Å². The number of hydrogen-bond acceptors (Lipinski definition) is 5. The Balaban J connectivity index is 1.75. The van der Waals surface area contributed by atoms with Gasteiger partial charge in [0.2, 0.25) is 0 Å². The quantitative estimate of drug-likeness (QED) is 0.209. The predicted molar refractivity (Wildman–Crippen MR) is 176 cm³/mol. The SMILES string of the molecule is C#CCOc1c(CC=C)cc(C2C3=C(CC(C)(C)CC3=O)N(CCc3ccccc3)C3=C2C(=O)CC(C)(C)C3)cc1OCC. The van der Waals surface area contributed by atoms with Crippen molar-refractivity contribution in [3.63, 3.8) is 0 Å². The Bertz CT molecular complexity index is 1510. The standard InChI is InChI=1S/C39H45NO4/c1-8-14-27-20-28(21-33(43-10-3)37(27)44-19-9-2)34-35-29(22-38(4,5)24-31(35)41)40(18-17-26-15-12-11-13-16-26)30-23-39(6,7)25-32(42)36(30)34/h2,8,11-13,15-16,20-21,34H,1,10,14,17-19,22-25H2,3-7H3. The van der Waals surface area contributed by atoms with Crippen LogP contribution in [0.25, 0.3) is 0 Å². The molecule has 2 aromatic rings. The van der Waals surface area contributed by atoms with Crippen LogP contribution < -0.4 is 9.47 Å². The van der Waals surface area contributed by atoms with E-state index >= 15 is 0 Å². The Labute approximate surface area is 263 Å². The molecule has 5 rings (SSSR count). The molecule has 0 unspecified atom stereocenters. The monoisotopic (exact) mass is 591 g/mol. The fraction of sp³-hybridized carbons (Fsp3) is 0.436. The van der Waals surface area contributed by atoms with Crippen molar-refractivity contribution >= 4 is 11.6 Å². The molecule has 0 saturated heterocycles. The lowest BCUT2D eigenvalue weighted by Gasteiger charge is -2.49. The summed E-state index contributed by atoms with van der Waals surface area (Å²) in [7, 11) is 0. The van der Waals surface area contributed by atoms with Crippen molar-refractivity contribution < 1.29 is 19.1 Å². The third-order valence-corrected chi connectivity index (χ3v) is 8.94. The second-order valence-electron chi connectivity index (χ2n) is 13.8. The van der Waals surface area contributed by atoms with E-state index in [9.17, 15) is 9.59 Å². The summed E-state index contributed by atoms with van der Waals surface area (Å²) in [5.41, 5.74) is 6.26. The highest BCUT2D eigenvalue weighted by Crippen LogP contribution is 2.55. The fourth-order valence-corrected chi connectivity index (χ4v) is 7.23. The van der Waals surface area contributed by atoms with Crippen molar-refractivity contribution in [2.24, 2.45) is 10.8 Å². The number of Topliss-reactive ketones (excluding diaryl/α,β-unsaturated/α-hetero) is 2. The van der Waals surface area contributed by atoms with Crippen LogP contribution >= 0.6 is 0 Å². The van der Waals surface area contributed by atoms with E-state index in [0.717, 1.165) is 52.9 Å². The van der Waals surface area contributed by atoms with Crippen LogP contribution in [0, 0.1) is 23.2 Å². The molecule has 44 heavy (non-hydrogen) atoms. The lowest BCUT2D eigenvalue weighted by Crippen LogP contribution is -2.45. The van der Waals surface area contributed by atoms with Crippen LogP contribution in [0.3, 0.4) is 0 Å². The number of nitrogens with zero attached hydrogens (tertiary/aromatic N) is 1. The lowest BCUT2D eigenvalue weighted by atomic mass is 9.63. The van der Waals surface area contributed by atoms with E-state index in [1.807, 2.05) is 25.1 Å². The van der Waals surface area contributed by atoms with Gasteiger partial charge in [-0.3, -0.25) is 9.59 Å². The average molecular weight is 592 g/mol. The summed E-state index contributed by atoms with van der Waals surface area (Å²) in [5, 5.41) is 0. The lowest BCUT2D eigenvalue weighted by molar-refractivity contribution is -0.119. The van der Waals surface area contributed by atoms with Gasteiger partial charge in [0.05, 0.1) is 6.61 Å². The highest BCUT2D eigenvalue weighted by Gasteiger charge is 2.49. The molecule has 0 spiro atoms. The predicted octanol–water partition coefficient (Wildman–Crippen LogP) is 7.75. The molecule has 230 valence electrons. The number of carbonyl (C=O) groups is 2. The normalized spacial score (nSPS) is 19.3. The Morgan fingerprint density at radius 3 is 2.11 bits per heavy atom. The molecule has 1 aliphatic heterocycles. The number of rotatable bonds is 10. The molecule has 5 nitrogen and oxygen atoms in total. The van der Waals surface area contributed by atoms with Gasteiger partial charge in [0.25, 0.3) is 0 Å². The zero-order valence-electron chi connectivity index (χ0n) is 26.9. The minimum Gasteiger partial charge on any atom is -0.490 e. The number of hydrogen-bond donors (Lipinski definition) is 0. The molecular weight excluding hydrogens is 546 g/mol. The molecule has 0 radical (unpaired) electrons. The number of carbonyl (C=O) groups excluding carboxylic acids is 2. The minimum absolute atomic E-state index is 0.106. The zero-order chi connectivity index (χ0) is 31.6. The second-order valence-corrected chi connectivity index (χ2v) is 13.8. The van der Waals surface area contributed by atoms with Gasteiger partial charge in [-0.05, 0) is 60.6 Å². The highest BCUT2D eigenvalue weighted by molar-refractivity contribution is 6.06. The van der Waals surface area contributed by atoms with Gasteiger partial charge in [0, 0.05) is 53.4 Å². The first kappa shape index (κ1) is 31.4. The van der Waals surface area contributed by atoms with Crippen molar-refractivity contribution in [1.82, 2.24) is 4.90 Å². The van der Waals surface area contributed by atoms with Crippen molar-refractivity contribution in [2.75, 3.05) is 19.8 Å². The van der Waals surface area contributed by atoms with Gasteiger partial charge >= 0.3 is 0 Å². The molecule has 0 bridgehead atoms. The van der Waals surface area contributed by atoms with E-state index in [1.165, 1.54) is 5.56 Å². The summed E-state index contributed by atoms with van der Waals surface area (Å²) in [4.78, 5) is 30.9. The highest BCUT2D eigenvalue weighted by atomic mass is 16.5. The molecule has 0 saturated carbocycles. The molecular formula is C39H45NO4. The number of terminal acetylenes is 1. The molecule has 5 heteroatoms. The van der Waals surface area contributed by atoms with Crippen molar-refractivity contribution in [2.45, 2.75) is 79.1 Å². The van der Waals surface area contributed by atoms with E-state index in [1.54, 1.807) is 0 Å². The summed E-state index contributed by atoms with van der Waals surface area (Å²) in [6.07, 6.45) is 11.1. The molecule has 0 aromatic heterocycles. The van der Waals surface area contributed by atoms with E-state index in [2.05, 4.69) is 75.4 Å². The molecule has 0 amide bonds. The number of ketones is 2. The topological polar surface area (TPSA) is 55.8 Å². The van der Waals surface area contributed by atoms with Gasteiger partial charge in [-0.15, -0.1) is 13.0 Å². The van der Waals surface area contributed by atoms with Gasteiger partial charge in [-0.25, -0.2) is 0 Å². The van der Waals surface area contributed by atoms with Crippen molar-refractivity contribution in [3.05, 3.63) is 94.4 Å². The first-order valence-corrected chi connectivity index (χ1v) is 15.8. The number of benzene rings is 2. The molecule has 2 aromatic carbocycles. The minimum atomic E-state index is -0.468. The van der Waals surface area contributed by atoms with Crippen molar-refractivity contribution in [1.29, 1.82) is 0 Å². The maximum atomic E-state index is 14.3. The van der Waals surface area contributed by atoms with Gasteiger partial charge in [0.1, 0.15) is 6.61 Å².